The van der Waals surface area contributed by atoms with Gasteiger partial charge < -0.3 is 9.13 Å². The van der Waals surface area contributed by atoms with E-state index in [-0.39, 0.29) is 29.7 Å². The molecule has 8 nitrogen and oxygen atoms in total. The Morgan fingerprint density at radius 1 is 0.220 bits per heavy atom. The SMILES string of the molecule is [2H]c1c([2H])c([2H])c(-c2cccc3c2c2ccccc2n3-c2ccc(-c3nc(-c4ccccc4)nc(-c4ccccc4)n3)c3ccccc23)c([2H])c1[2H].c1ccc(-c2ccc3cc(-c4nc(-c5ccccc5)nc(-c5ccc(-c6cccc(-n7c8ccccc8c8ccccc87)c6)cc5)n4)ccc3c2)cc1. The van der Waals surface area contributed by atoms with Gasteiger partial charge in [0.2, 0.25) is 0 Å². The Kier molecular flexibility index (Phi) is 13.7. The second kappa shape index (κ2) is 25.5. The van der Waals surface area contributed by atoms with Gasteiger partial charge in [0.25, 0.3) is 0 Å². The van der Waals surface area contributed by atoms with E-state index < -0.39 is 6.04 Å². The molecule has 15 aromatic carbocycles. The fraction of sp³-hybridized carbons (Fsp3) is 0. The maximum absolute atomic E-state index is 8.78. The number of nitrogens with zero attached hydrogens (tertiary/aromatic N) is 8. The number of aromatic nitrogens is 8. The quantitative estimate of drug-likeness (QED) is 0.128. The van der Waals surface area contributed by atoms with Crippen LogP contribution in [0.3, 0.4) is 0 Å². The molecule has 0 atom stereocenters. The van der Waals surface area contributed by atoms with Crippen LogP contribution >= 0.6 is 0 Å². The predicted molar refractivity (Wildman–Crippen MR) is 412 cm³/mol. The van der Waals surface area contributed by atoms with Crippen molar-refractivity contribution >= 4 is 65.2 Å². The van der Waals surface area contributed by atoms with E-state index in [9.17, 15) is 0 Å². The summed E-state index contributed by atoms with van der Waals surface area (Å²) in [4.78, 5) is 29.9. The highest BCUT2D eigenvalue weighted by molar-refractivity contribution is 6.17. The van der Waals surface area contributed by atoms with Crippen molar-refractivity contribution in [1.29, 1.82) is 0 Å². The smallest absolute Gasteiger partial charge is 0.164 e. The van der Waals surface area contributed by atoms with Gasteiger partial charge in [0.1, 0.15) is 0 Å². The van der Waals surface area contributed by atoms with Crippen molar-refractivity contribution < 1.29 is 6.85 Å². The van der Waals surface area contributed by atoms with E-state index in [4.69, 9.17) is 36.8 Å². The molecule has 0 amide bonds. The molecule has 0 spiro atoms. The number of hydrogen-bond donors (Lipinski definition) is 0. The number of benzene rings is 15. The van der Waals surface area contributed by atoms with Gasteiger partial charge in [-0.2, -0.15) is 0 Å². The topological polar surface area (TPSA) is 87.2 Å². The zero-order valence-electron chi connectivity index (χ0n) is 58.8. The fourth-order valence-electron chi connectivity index (χ4n) is 13.9. The van der Waals surface area contributed by atoms with E-state index in [0.717, 1.165) is 93.8 Å². The molecule has 468 valence electrons. The molecule has 0 aliphatic rings. The van der Waals surface area contributed by atoms with Crippen LogP contribution in [0.15, 0.2) is 364 Å². The van der Waals surface area contributed by atoms with Crippen LogP contribution in [0, 0.1) is 0 Å². The Bertz CT molecular complexity index is 6450. The Hall–Kier alpha value is -13.6. The molecule has 8 heteroatoms. The zero-order chi connectivity index (χ0) is 70.7. The van der Waals surface area contributed by atoms with Crippen LogP contribution in [0.4, 0.5) is 0 Å². The Morgan fingerprint density at radius 2 is 0.610 bits per heavy atom. The standard InChI is InChI=1S/C49H32N4.C43H28N4/c1-3-12-33(13-4-1)38-26-27-40-31-41(29-28-39(40)30-38)49-51-47(35-14-5-2-6-15-35)50-48(52-49)36-24-22-34(23-25-36)37-16-11-17-42(32-37)53-45-20-9-7-18-43(45)44-19-8-10-21-46(44)53;1-4-15-29(16-5-1)32-24-14-26-39-40(32)36-23-12-13-25-37(36)47(39)38-28-27-35(33-21-10-11-22-34(33)38)43-45-41(30-17-6-2-7-18-30)44-42(46-43)31-19-8-3-9-20-31/h1-32H;1-28H/i;1D,4D,5D,15D,16D. The summed E-state index contributed by atoms with van der Waals surface area (Å²) in [6, 6.07) is 112. The van der Waals surface area contributed by atoms with Gasteiger partial charge in [0, 0.05) is 66.0 Å². The average molecular weight is 1280 g/mol. The summed E-state index contributed by atoms with van der Waals surface area (Å²) in [5, 5.41) is 8.46. The van der Waals surface area contributed by atoms with Crippen molar-refractivity contribution in [2.24, 2.45) is 0 Å². The van der Waals surface area contributed by atoms with Gasteiger partial charge in [0.05, 0.1) is 34.6 Å². The number of hydrogen-bond acceptors (Lipinski definition) is 6. The lowest BCUT2D eigenvalue weighted by atomic mass is 9.99. The van der Waals surface area contributed by atoms with E-state index in [0.29, 0.717) is 40.5 Å². The van der Waals surface area contributed by atoms with Crippen molar-refractivity contribution in [3.8, 4) is 113 Å². The summed E-state index contributed by atoms with van der Waals surface area (Å²) >= 11 is 0. The minimum Gasteiger partial charge on any atom is -0.309 e. The summed E-state index contributed by atoms with van der Waals surface area (Å²) in [7, 11) is 0. The molecule has 0 aliphatic carbocycles. The molecule has 100 heavy (non-hydrogen) atoms. The summed E-state index contributed by atoms with van der Waals surface area (Å²) < 4.78 is 47.0. The molecule has 0 saturated carbocycles. The first-order chi connectivity index (χ1) is 51.6. The van der Waals surface area contributed by atoms with Gasteiger partial charge in [-0.1, -0.05) is 303 Å². The van der Waals surface area contributed by atoms with Gasteiger partial charge in [-0.25, -0.2) is 29.9 Å². The fourth-order valence-corrected chi connectivity index (χ4v) is 13.9. The summed E-state index contributed by atoms with van der Waals surface area (Å²) in [6.45, 7) is 0. The van der Waals surface area contributed by atoms with Crippen molar-refractivity contribution in [2.45, 2.75) is 0 Å². The summed E-state index contributed by atoms with van der Waals surface area (Å²) in [5.74, 6) is 3.65. The lowest BCUT2D eigenvalue weighted by Crippen LogP contribution is -2.01. The molecule has 19 aromatic rings. The number of fused-ring (bicyclic) bond motifs is 8. The van der Waals surface area contributed by atoms with E-state index >= 15 is 0 Å². The van der Waals surface area contributed by atoms with Gasteiger partial charge in [0.15, 0.2) is 34.9 Å². The Morgan fingerprint density at radius 3 is 1.19 bits per heavy atom. The van der Waals surface area contributed by atoms with Crippen LogP contribution in [0.25, 0.3) is 178 Å². The molecule has 4 heterocycles. The third-order valence-corrected chi connectivity index (χ3v) is 18.6. The maximum Gasteiger partial charge on any atom is 0.164 e. The zero-order valence-corrected chi connectivity index (χ0v) is 53.8. The van der Waals surface area contributed by atoms with Crippen molar-refractivity contribution in [3.05, 3.63) is 364 Å². The number of rotatable bonds is 11. The molecule has 0 aliphatic heterocycles. The highest BCUT2D eigenvalue weighted by Crippen LogP contribution is 2.42. The van der Waals surface area contributed by atoms with Crippen LogP contribution in [-0.2, 0) is 0 Å². The molecule has 0 unspecified atom stereocenters. The lowest BCUT2D eigenvalue weighted by Gasteiger charge is -2.15. The first kappa shape index (κ1) is 53.7. The maximum atomic E-state index is 8.78. The van der Waals surface area contributed by atoms with Crippen LogP contribution in [0.5, 0.6) is 0 Å². The molecule has 19 rings (SSSR count). The average Bonchev–Trinajstić information content (AvgIpc) is 1.58. The first-order valence-electron chi connectivity index (χ1n) is 35.8. The minimum absolute atomic E-state index is 0.179. The van der Waals surface area contributed by atoms with Crippen molar-refractivity contribution in [3.63, 3.8) is 0 Å². The number of para-hydroxylation sites is 3. The molecular weight excluding hydrogens is 1220 g/mol. The summed E-state index contributed by atoms with van der Waals surface area (Å²) in [5.41, 5.74) is 17.1. The summed E-state index contributed by atoms with van der Waals surface area (Å²) in [6.07, 6.45) is 0. The lowest BCUT2D eigenvalue weighted by molar-refractivity contribution is 1.07. The van der Waals surface area contributed by atoms with Crippen LogP contribution in [0.1, 0.15) is 6.85 Å². The Labute approximate surface area is 584 Å². The van der Waals surface area contributed by atoms with Crippen LogP contribution in [-0.4, -0.2) is 39.0 Å². The Balaban J connectivity index is 0.000000149. The van der Waals surface area contributed by atoms with E-state index in [1.54, 1.807) is 0 Å². The van der Waals surface area contributed by atoms with Gasteiger partial charge in [-0.15, -0.1) is 0 Å². The van der Waals surface area contributed by atoms with Crippen molar-refractivity contribution in [2.75, 3.05) is 0 Å². The third kappa shape index (κ3) is 11.0. The second-order valence-corrected chi connectivity index (χ2v) is 24.6. The molecule has 0 N–H and O–H groups in total. The highest BCUT2D eigenvalue weighted by Gasteiger charge is 2.22. The monoisotopic (exact) mass is 1280 g/mol. The molecule has 4 aromatic heterocycles. The molecule has 0 bridgehead atoms. The van der Waals surface area contributed by atoms with Gasteiger partial charge in [-0.05, 0) is 110 Å². The molecule has 0 radical (unpaired) electrons. The van der Waals surface area contributed by atoms with E-state index in [2.05, 4.69) is 191 Å². The van der Waals surface area contributed by atoms with Crippen LogP contribution < -0.4 is 0 Å². The third-order valence-electron chi connectivity index (χ3n) is 18.6. The highest BCUT2D eigenvalue weighted by atomic mass is 15.0. The predicted octanol–water partition coefficient (Wildman–Crippen LogP) is 23.2. The van der Waals surface area contributed by atoms with Gasteiger partial charge >= 0.3 is 0 Å². The minimum atomic E-state index is -0.412. The van der Waals surface area contributed by atoms with Crippen molar-refractivity contribution in [1.82, 2.24) is 39.0 Å². The largest absolute Gasteiger partial charge is 0.309 e. The van der Waals surface area contributed by atoms with E-state index in [1.807, 2.05) is 152 Å². The normalized spacial score (nSPS) is 12.1. The van der Waals surface area contributed by atoms with E-state index in [1.165, 1.54) is 38.3 Å². The van der Waals surface area contributed by atoms with Gasteiger partial charge in [-0.3, -0.25) is 0 Å². The second-order valence-electron chi connectivity index (χ2n) is 24.6. The molecular formula is C92H60N8. The van der Waals surface area contributed by atoms with Crippen LogP contribution in [0.2, 0.25) is 0 Å². The molecule has 0 fully saturated rings. The molecule has 0 saturated heterocycles. The first-order valence-corrected chi connectivity index (χ1v) is 33.3.